The maximum atomic E-state index is 9.50. The zero-order valence-electron chi connectivity index (χ0n) is 12.6. The van der Waals surface area contributed by atoms with Crippen LogP contribution in [0.2, 0.25) is 0 Å². The van der Waals surface area contributed by atoms with E-state index in [2.05, 4.69) is 19.2 Å². The lowest BCUT2D eigenvalue weighted by Gasteiger charge is -2.31. The lowest BCUT2D eigenvalue weighted by atomic mass is 10.0. The molecular weight excluding hydrogens is 240 g/mol. The number of benzene rings is 1. The molecule has 1 aromatic rings. The van der Waals surface area contributed by atoms with E-state index in [0.29, 0.717) is 12.6 Å². The largest absolute Gasteiger partial charge is 0.492 e. The van der Waals surface area contributed by atoms with Crippen molar-refractivity contribution in [3.05, 3.63) is 24.3 Å². The third-order valence-electron chi connectivity index (χ3n) is 2.88. The summed E-state index contributed by atoms with van der Waals surface area (Å²) in [7, 11) is 3.99. The first kappa shape index (κ1) is 15.8. The minimum Gasteiger partial charge on any atom is -0.492 e. The Hall–Kier alpha value is -1.26. The van der Waals surface area contributed by atoms with Gasteiger partial charge in [-0.25, -0.2) is 0 Å². The average molecular weight is 266 g/mol. The van der Waals surface area contributed by atoms with Gasteiger partial charge in [0.2, 0.25) is 0 Å². The van der Waals surface area contributed by atoms with Crippen molar-refractivity contribution < 1.29 is 9.84 Å². The molecule has 1 atom stereocenters. The van der Waals surface area contributed by atoms with Gasteiger partial charge in [0.15, 0.2) is 0 Å². The maximum absolute atomic E-state index is 9.50. The van der Waals surface area contributed by atoms with Gasteiger partial charge in [-0.2, -0.15) is 0 Å². The number of aliphatic hydroxyl groups is 1. The fraction of sp³-hybridized carbons (Fsp3) is 0.600. The second kappa shape index (κ2) is 6.78. The van der Waals surface area contributed by atoms with Gasteiger partial charge in [-0.05, 0) is 19.1 Å². The first-order valence-electron chi connectivity index (χ1n) is 6.65. The third kappa shape index (κ3) is 5.09. The minimum atomic E-state index is -0.428. The fourth-order valence-corrected chi connectivity index (χ4v) is 1.92. The van der Waals surface area contributed by atoms with E-state index in [1.807, 2.05) is 50.2 Å². The number of ether oxygens (including phenoxy) is 1. The molecule has 0 aliphatic heterocycles. The summed E-state index contributed by atoms with van der Waals surface area (Å²) in [5.41, 5.74) is 0.669. The molecule has 1 unspecified atom stereocenters. The molecule has 0 saturated heterocycles. The molecule has 1 rings (SSSR count). The molecule has 0 radical (unpaired) electrons. The summed E-state index contributed by atoms with van der Waals surface area (Å²) < 4.78 is 5.80. The molecule has 0 spiro atoms. The Morgan fingerprint density at radius 3 is 2.58 bits per heavy atom. The SMILES string of the molecule is CC(C)NC(C)(CO)COc1cccc(N(C)C)c1. The third-order valence-corrected chi connectivity index (χ3v) is 2.88. The molecule has 4 nitrogen and oxygen atoms in total. The second-order valence-corrected chi connectivity index (χ2v) is 5.70. The molecule has 0 aromatic heterocycles. The van der Waals surface area contributed by atoms with E-state index < -0.39 is 5.54 Å². The van der Waals surface area contributed by atoms with Crippen LogP contribution in [0.3, 0.4) is 0 Å². The van der Waals surface area contributed by atoms with Crippen molar-refractivity contribution >= 4 is 5.69 Å². The zero-order valence-corrected chi connectivity index (χ0v) is 12.6. The second-order valence-electron chi connectivity index (χ2n) is 5.70. The van der Waals surface area contributed by atoms with Crippen LogP contribution in [0.1, 0.15) is 20.8 Å². The highest BCUT2D eigenvalue weighted by atomic mass is 16.5. The molecule has 2 N–H and O–H groups in total. The molecule has 0 bridgehead atoms. The van der Waals surface area contributed by atoms with Crippen molar-refractivity contribution in [3.8, 4) is 5.75 Å². The first-order valence-corrected chi connectivity index (χ1v) is 6.65. The van der Waals surface area contributed by atoms with Gasteiger partial charge in [0.1, 0.15) is 12.4 Å². The summed E-state index contributed by atoms with van der Waals surface area (Å²) in [5.74, 6) is 0.816. The Morgan fingerprint density at radius 2 is 2.05 bits per heavy atom. The molecule has 0 amide bonds. The molecule has 4 heteroatoms. The number of hydrogen-bond acceptors (Lipinski definition) is 4. The molecular formula is C15H26N2O2. The number of nitrogens with one attached hydrogen (secondary N) is 1. The lowest BCUT2D eigenvalue weighted by Crippen LogP contribution is -2.53. The Balaban J connectivity index is 2.67. The quantitative estimate of drug-likeness (QED) is 0.791. The summed E-state index contributed by atoms with van der Waals surface area (Å²) in [5, 5.41) is 12.8. The number of hydrogen-bond donors (Lipinski definition) is 2. The normalized spacial score (nSPS) is 14.3. The standard InChI is InChI=1S/C15H26N2O2/c1-12(2)16-15(3,10-18)11-19-14-8-6-7-13(9-14)17(4)5/h6-9,12,16,18H,10-11H2,1-5H3. The van der Waals surface area contributed by atoms with Crippen LogP contribution in [0.5, 0.6) is 5.75 Å². The first-order chi connectivity index (χ1) is 8.86. The summed E-state index contributed by atoms with van der Waals surface area (Å²) in [6.45, 7) is 6.54. The summed E-state index contributed by atoms with van der Waals surface area (Å²) in [4.78, 5) is 2.03. The van der Waals surface area contributed by atoms with Crippen molar-refractivity contribution in [1.82, 2.24) is 5.32 Å². The van der Waals surface area contributed by atoms with Crippen LogP contribution in [0.15, 0.2) is 24.3 Å². The predicted octanol–water partition coefficient (Wildman–Crippen LogP) is 1.88. The molecule has 1 aromatic carbocycles. The fourth-order valence-electron chi connectivity index (χ4n) is 1.92. The number of anilines is 1. The predicted molar refractivity (Wildman–Crippen MR) is 80.0 cm³/mol. The number of rotatable bonds is 7. The van der Waals surface area contributed by atoms with E-state index in [0.717, 1.165) is 11.4 Å². The van der Waals surface area contributed by atoms with Gasteiger partial charge in [0, 0.05) is 31.9 Å². The topological polar surface area (TPSA) is 44.7 Å². The Kier molecular flexibility index (Phi) is 5.63. The highest BCUT2D eigenvalue weighted by Crippen LogP contribution is 2.20. The molecule has 19 heavy (non-hydrogen) atoms. The van der Waals surface area contributed by atoms with E-state index >= 15 is 0 Å². The smallest absolute Gasteiger partial charge is 0.121 e. The molecule has 0 saturated carbocycles. The van der Waals surface area contributed by atoms with E-state index in [1.165, 1.54) is 0 Å². The van der Waals surface area contributed by atoms with Crippen molar-refractivity contribution in [2.24, 2.45) is 0 Å². The van der Waals surface area contributed by atoms with Gasteiger partial charge in [-0.15, -0.1) is 0 Å². The zero-order chi connectivity index (χ0) is 14.5. The maximum Gasteiger partial charge on any atom is 0.121 e. The van der Waals surface area contributed by atoms with Gasteiger partial charge < -0.3 is 20.1 Å². The Labute approximate surface area is 116 Å². The van der Waals surface area contributed by atoms with E-state index in [-0.39, 0.29) is 6.61 Å². The van der Waals surface area contributed by atoms with E-state index in [9.17, 15) is 5.11 Å². The molecule has 0 fully saturated rings. The summed E-state index contributed by atoms with van der Waals surface area (Å²) in [6.07, 6.45) is 0. The van der Waals surface area contributed by atoms with Crippen LogP contribution >= 0.6 is 0 Å². The van der Waals surface area contributed by atoms with Crippen molar-refractivity contribution in [2.75, 3.05) is 32.2 Å². The minimum absolute atomic E-state index is 0.0402. The van der Waals surface area contributed by atoms with Gasteiger partial charge in [-0.1, -0.05) is 19.9 Å². The molecule has 108 valence electrons. The van der Waals surface area contributed by atoms with Crippen LogP contribution in [0.4, 0.5) is 5.69 Å². The Bertz CT molecular complexity index is 393. The highest BCUT2D eigenvalue weighted by Gasteiger charge is 2.24. The number of aliphatic hydroxyl groups excluding tert-OH is 1. The van der Waals surface area contributed by atoms with Crippen LogP contribution in [-0.4, -0.2) is 44.0 Å². The highest BCUT2D eigenvalue weighted by molar-refractivity contribution is 5.49. The van der Waals surface area contributed by atoms with Crippen molar-refractivity contribution in [2.45, 2.75) is 32.4 Å². The van der Waals surface area contributed by atoms with Gasteiger partial charge in [0.05, 0.1) is 12.1 Å². The molecule has 0 aliphatic rings. The number of nitrogens with zero attached hydrogens (tertiary/aromatic N) is 1. The van der Waals surface area contributed by atoms with Crippen molar-refractivity contribution in [3.63, 3.8) is 0 Å². The Morgan fingerprint density at radius 1 is 1.37 bits per heavy atom. The van der Waals surface area contributed by atoms with Crippen LogP contribution in [-0.2, 0) is 0 Å². The van der Waals surface area contributed by atoms with Crippen LogP contribution in [0.25, 0.3) is 0 Å². The van der Waals surface area contributed by atoms with Crippen LogP contribution in [0, 0.1) is 0 Å². The van der Waals surface area contributed by atoms with E-state index in [1.54, 1.807) is 0 Å². The summed E-state index contributed by atoms with van der Waals surface area (Å²) >= 11 is 0. The van der Waals surface area contributed by atoms with E-state index in [4.69, 9.17) is 4.74 Å². The van der Waals surface area contributed by atoms with Crippen LogP contribution < -0.4 is 15.0 Å². The van der Waals surface area contributed by atoms with Gasteiger partial charge in [-0.3, -0.25) is 0 Å². The van der Waals surface area contributed by atoms with Crippen molar-refractivity contribution in [1.29, 1.82) is 0 Å². The molecule has 0 heterocycles. The van der Waals surface area contributed by atoms with Gasteiger partial charge >= 0.3 is 0 Å². The lowest BCUT2D eigenvalue weighted by molar-refractivity contribution is 0.109. The average Bonchev–Trinajstić information content (AvgIpc) is 2.36. The summed E-state index contributed by atoms with van der Waals surface area (Å²) in [6, 6.07) is 8.23. The van der Waals surface area contributed by atoms with Gasteiger partial charge in [0.25, 0.3) is 0 Å². The monoisotopic (exact) mass is 266 g/mol. The molecule has 0 aliphatic carbocycles.